The van der Waals surface area contributed by atoms with Crippen LogP contribution in [-0.4, -0.2) is 61.7 Å². The van der Waals surface area contributed by atoms with E-state index in [-0.39, 0.29) is 17.4 Å². The van der Waals surface area contributed by atoms with E-state index in [0.29, 0.717) is 22.1 Å². The highest BCUT2D eigenvalue weighted by Crippen LogP contribution is 2.34. The van der Waals surface area contributed by atoms with Crippen LogP contribution in [0, 0.1) is 0 Å². The van der Waals surface area contributed by atoms with Gasteiger partial charge in [-0.2, -0.15) is 0 Å². The van der Waals surface area contributed by atoms with Crippen molar-refractivity contribution in [1.82, 2.24) is 9.80 Å². The molecule has 0 aliphatic carbocycles. The SMILES string of the molecule is COC(=O)CN1C(=O)/C(=C/c2cc(Cl)c(OC)cc2OC)N(C)C1=S. The summed E-state index contributed by atoms with van der Waals surface area (Å²) in [5.41, 5.74) is 0.861. The molecule has 2 rings (SSSR count). The molecule has 25 heavy (non-hydrogen) atoms. The monoisotopic (exact) mass is 384 g/mol. The van der Waals surface area contributed by atoms with Crippen LogP contribution in [0.3, 0.4) is 0 Å². The van der Waals surface area contributed by atoms with Crippen LogP contribution in [0.5, 0.6) is 11.5 Å². The van der Waals surface area contributed by atoms with Crippen LogP contribution < -0.4 is 9.47 Å². The van der Waals surface area contributed by atoms with E-state index in [0.717, 1.165) is 0 Å². The van der Waals surface area contributed by atoms with Gasteiger partial charge in [0.05, 0.1) is 26.4 Å². The van der Waals surface area contributed by atoms with E-state index in [1.54, 1.807) is 25.3 Å². The average Bonchev–Trinajstić information content (AvgIpc) is 2.79. The normalized spacial score (nSPS) is 15.8. The molecule has 7 nitrogen and oxygen atoms in total. The molecule has 1 saturated heterocycles. The molecule has 0 spiro atoms. The average molecular weight is 385 g/mol. The van der Waals surface area contributed by atoms with E-state index in [2.05, 4.69) is 4.74 Å². The number of methoxy groups -OCH3 is 3. The summed E-state index contributed by atoms with van der Waals surface area (Å²) in [4.78, 5) is 26.8. The van der Waals surface area contributed by atoms with Crippen molar-refractivity contribution >= 4 is 46.9 Å². The van der Waals surface area contributed by atoms with Crippen molar-refractivity contribution in [3.8, 4) is 11.5 Å². The summed E-state index contributed by atoms with van der Waals surface area (Å²) in [6.45, 7) is -0.254. The molecule has 0 atom stereocenters. The van der Waals surface area contributed by atoms with Gasteiger partial charge in [0.25, 0.3) is 5.91 Å². The Bertz CT molecular complexity index is 765. The third-order valence-corrected chi connectivity index (χ3v) is 4.44. The predicted octanol–water partition coefficient (Wildman–Crippen LogP) is 1.93. The van der Waals surface area contributed by atoms with Crippen molar-refractivity contribution in [2.24, 2.45) is 0 Å². The molecule has 1 amide bonds. The number of halogens is 1. The zero-order valence-electron chi connectivity index (χ0n) is 14.2. The van der Waals surface area contributed by atoms with Crippen LogP contribution >= 0.6 is 23.8 Å². The molecule has 0 N–H and O–H groups in total. The number of likely N-dealkylation sites (N-methyl/N-ethyl adjacent to an activating group) is 1. The molecule has 1 aliphatic rings. The first-order valence-corrected chi connectivity index (χ1v) is 7.92. The van der Waals surface area contributed by atoms with Gasteiger partial charge < -0.3 is 19.1 Å². The number of benzene rings is 1. The third kappa shape index (κ3) is 3.69. The first-order valence-electron chi connectivity index (χ1n) is 7.13. The summed E-state index contributed by atoms with van der Waals surface area (Å²) in [7, 11) is 5.88. The van der Waals surface area contributed by atoms with Crippen LogP contribution in [0.2, 0.25) is 5.02 Å². The van der Waals surface area contributed by atoms with Crippen molar-refractivity contribution in [3.63, 3.8) is 0 Å². The number of esters is 1. The maximum atomic E-state index is 12.6. The summed E-state index contributed by atoms with van der Waals surface area (Å²) in [6, 6.07) is 3.25. The standard InChI is InChI=1S/C16H17ClN2O5S/c1-18-11(15(21)19(16(18)25)8-14(20)24-4)6-9-5-10(17)13(23-3)7-12(9)22-2/h5-7H,8H2,1-4H3/b11-6-. The second-order valence-electron chi connectivity index (χ2n) is 5.07. The van der Waals surface area contributed by atoms with E-state index in [4.69, 9.17) is 33.3 Å². The Morgan fingerprint density at radius 3 is 2.44 bits per heavy atom. The van der Waals surface area contributed by atoms with E-state index in [1.807, 2.05) is 0 Å². The van der Waals surface area contributed by atoms with Crippen molar-refractivity contribution < 1.29 is 23.8 Å². The number of rotatable bonds is 5. The van der Waals surface area contributed by atoms with Crippen molar-refractivity contribution in [1.29, 1.82) is 0 Å². The highest BCUT2D eigenvalue weighted by molar-refractivity contribution is 7.80. The fraction of sp³-hybridized carbons (Fsp3) is 0.312. The van der Waals surface area contributed by atoms with Crippen molar-refractivity contribution in [2.45, 2.75) is 0 Å². The number of hydrogen-bond acceptors (Lipinski definition) is 6. The molecule has 1 fully saturated rings. The molecule has 134 valence electrons. The van der Waals surface area contributed by atoms with Gasteiger partial charge in [0.1, 0.15) is 23.7 Å². The molecule has 0 radical (unpaired) electrons. The minimum atomic E-state index is -0.560. The second-order valence-corrected chi connectivity index (χ2v) is 5.84. The Morgan fingerprint density at radius 1 is 1.24 bits per heavy atom. The van der Waals surface area contributed by atoms with Gasteiger partial charge in [-0.05, 0) is 24.4 Å². The number of hydrogen-bond donors (Lipinski definition) is 0. The molecular weight excluding hydrogens is 368 g/mol. The van der Waals surface area contributed by atoms with Gasteiger partial charge in [-0.25, -0.2) is 0 Å². The fourth-order valence-corrected chi connectivity index (χ4v) is 2.78. The van der Waals surface area contributed by atoms with Crippen molar-refractivity contribution in [3.05, 3.63) is 28.4 Å². The van der Waals surface area contributed by atoms with Gasteiger partial charge in [-0.3, -0.25) is 14.5 Å². The minimum absolute atomic E-state index is 0.209. The molecule has 0 bridgehead atoms. The first kappa shape index (κ1) is 19.0. The Kier molecular flexibility index (Phi) is 5.86. The smallest absolute Gasteiger partial charge is 0.325 e. The molecule has 0 unspecified atom stereocenters. The lowest BCUT2D eigenvalue weighted by Crippen LogP contribution is -2.36. The third-order valence-electron chi connectivity index (χ3n) is 3.65. The van der Waals surface area contributed by atoms with E-state index in [9.17, 15) is 9.59 Å². The maximum absolute atomic E-state index is 12.6. The van der Waals surface area contributed by atoms with E-state index in [1.165, 1.54) is 31.1 Å². The lowest BCUT2D eigenvalue weighted by molar-refractivity contribution is -0.143. The second kappa shape index (κ2) is 7.71. The first-order chi connectivity index (χ1) is 11.8. The summed E-state index contributed by atoms with van der Waals surface area (Å²) in [5, 5.41) is 0.581. The predicted molar refractivity (Wildman–Crippen MR) is 96.6 cm³/mol. The van der Waals surface area contributed by atoms with Gasteiger partial charge in [-0.1, -0.05) is 11.6 Å². The van der Waals surface area contributed by atoms with Gasteiger partial charge in [0, 0.05) is 18.7 Å². The number of carbonyl (C=O) groups is 2. The molecule has 0 saturated carbocycles. The van der Waals surface area contributed by atoms with Gasteiger partial charge in [-0.15, -0.1) is 0 Å². The quantitative estimate of drug-likeness (QED) is 0.436. The lowest BCUT2D eigenvalue weighted by atomic mass is 10.1. The van der Waals surface area contributed by atoms with Crippen LogP contribution in [0.4, 0.5) is 0 Å². The zero-order valence-corrected chi connectivity index (χ0v) is 15.7. The number of amides is 1. The van der Waals surface area contributed by atoms with E-state index >= 15 is 0 Å². The Hall–Kier alpha value is -2.32. The maximum Gasteiger partial charge on any atom is 0.325 e. The van der Waals surface area contributed by atoms with Crippen molar-refractivity contribution in [2.75, 3.05) is 34.9 Å². The Morgan fingerprint density at radius 2 is 1.88 bits per heavy atom. The molecule has 0 aromatic heterocycles. The van der Waals surface area contributed by atoms with Crippen LogP contribution in [0.25, 0.3) is 6.08 Å². The highest BCUT2D eigenvalue weighted by atomic mass is 35.5. The molecule has 1 aliphatic heterocycles. The lowest BCUT2D eigenvalue weighted by Gasteiger charge is -2.14. The Balaban J connectivity index is 2.44. The van der Waals surface area contributed by atoms with Crippen LogP contribution in [0.1, 0.15) is 5.56 Å². The van der Waals surface area contributed by atoms with Gasteiger partial charge in [0.2, 0.25) is 0 Å². The Labute approximate surface area is 155 Å². The fourth-order valence-electron chi connectivity index (χ4n) is 2.29. The highest BCUT2D eigenvalue weighted by Gasteiger charge is 2.37. The van der Waals surface area contributed by atoms with Gasteiger partial charge in [0.15, 0.2) is 5.11 Å². The van der Waals surface area contributed by atoms with E-state index < -0.39 is 11.9 Å². The minimum Gasteiger partial charge on any atom is -0.496 e. The van der Waals surface area contributed by atoms with Crippen LogP contribution in [-0.2, 0) is 14.3 Å². The molecule has 1 heterocycles. The summed E-state index contributed by atoms with van der Waals surface area (Å²) >= 11 is 11.4. The van der Waals surface area contributed by atoms with Gasteiger partial charge >= 0.3 is 5.97 Å². The molecule has 1 aromatic rings. The molecular formula is C16H17ClN2O5S. The molecule has 9 heteroatoms. The summed E-state index contributed by atoms with van der Waals surface area (Å²) in [5.74, 6) is -0.0378. The number of carbonyl (C=O) groups excluding carboxylic acids is 2. The zero-order chi connectivity index (χ0) is 18.7. The number of nitrogens with zero attached hydrogens (tertiary/aromatic N) is 2. The largest absolute Gasteiger partial charge is 0.496 e. The number of thiocarbonyl (C=S) groups is 1. The molecule has 1 aromatic carbocycles. The van der Waals surface area contributed by atoms with Crippen LogP contribution in [0.15, 0.2) is 17.8 Å². The summed E-state index contributed by atoms with van der Waals surface area (Å²) in [6.07, 6.45) is 1.59. The summed E-state index contributed by atoms with van der Waals surface area (Å²) < 4.78 is 15.1. The topological polar surface area (TPSA) is 68.3 Å². The number of ether oxygens (including phenoxy) is 3.